The molecule has 29 heavy (non-hydrogen) atoms. The molecule has 3 rings (SSSR count). The summed E-state index contributed by atoms with van der Waals surface area (Å²) < 4.78 is 29.3. The van der Waals surface area contributed by atoms with E-state index in [1.807, 2.05) is 37.3 Å². The highest BCUT2D eigenvalue weighted by Crippen LogP contribution is 2.40. The first-order chi connectivity index (χ1) is 13.8. The molecule has 2 aromatic rings. The summed E-state index contributed by atoms with van der Waals surface area (Å²) in [5.41, 5.74) is 1.85. The number of hydrogen-bond acceptors (Lipinski definition) is 3. The summed E-state index contributed by atoms with van der Waals surface area (Å²) in [7, 11) is -3.75. The van der Waals surface area contributed by atoms with Gasteiger partial charge in [-0.25, -0.2) is 13.1 Å². The molecule has 0 unspecified atom stereocenters. The van der Waals surface area contributed by atoms with Crippen molar-refractivity contribution < 1.29 is 13.2 Å². The summed E-state index contributed by atoms with van der Waals surface area (Å²) >= 11 is 0. The topological polar surface area (TPSA) is 63.2 Å². The van der Waals surface area contributed by atoms with E-state index in [0.717, 1.165) is 30.4 Å². The van der Waals surface area contributed by atoms with E-state index in [1.54, 1.807) is 24.3 Å². The highest BCUT2D eigenvalue weighted by molar-refractivity contribution is 7.89. The zero-order valence-corrected chi connectivity index (χ0v) is 18.3. The molecule has 1 fully saturated rings. The van der Waals surface area contributed by atoms with Crippen LogP contribution in [0.25, 0.3) is 0 Å². The Morgan fingerprint density at radius 2 is 1.69 bits per heavy atom. The van der Waals surface area contributed by atoms with Crippen molar-refractivity contribution in [2.24, 2.45) is 17.8 Å². The molecule has 4 nitrogen and oxygen atoms in total. The molecule has 0 aromatic heterocycles. The number of carbonyl (C=O) groups is 1. The van der Waals surface area contributed by atoms with Crippen LogP contribution in [-0.2, 0) is 14.8 Å². The quantitative estimate of drug-likeness (QED) is 0.691. The number of sulfonamides is 1. The lowest BCUT2D eigenvalue weighted by atomic mass is 9.70. The van der Waals surface area contributed by atoms with Gasteiger partial charge >= 0.3 is 0 Å². The second kappa shape index (κ2) is 9.23. The van der Waals surface area contributed by atoms with E-state index in [2.05, 4.69) is 18.6 Å². The van der Waals surface area contributed by atoms with Gasteiger partial charge in [0.05, 0.1) is 10.9 Å². The normalized spacial score (nSPS) is 21.3. The number of nitrogens with one attached hydrogen (secondary N) is 1. The van der Waals surface area contributed by atoms with Crippen molar-refractivity contribution in [2.75, 3.05) is 0 Å². The average molecular weight is 414 g/mol. The molecule has 1 aliphatic carbocycles. The van der Waals surface area contributed by atoms with Crippen LogP contribution in [0.15, 0.2) is 59.5 Å². The molecular formula is C24H31NO3S. The minimum absolute atomic E-state index is 0.169. The summed E-state index contributed by atoms with van der Waals surface area (Å²) in [6.07, 6.45) is 3.30. The van der Waals surface area contributed by atoms with Gasteiger partial charge in [0.25, 0.3) is 0 Å². The molecule has 2 aromatic carbocycles. The molecule has 156 valence electrons. The zero-order chi connectivity index (χ0) is 21.0. The Morgan fingerprint density at radius 1 is 1.03 bits per heavy atom. The fraction of sp³-hybridized carbons (Fsp3) is 0.458. The first kappa shape index (κ1) is 21.7. The number of aryl methyl sites for hydroxylation is 1. The molecule has 0 saturated heterocycles. The smallest absolute Gasteiger partial charge is 0.241 e. The van der Waals surface area contributed by atoms with Gasteiger partial charge in [-0.05, 0) is 55.7 Å². The van der Waals surface area contributed by atoms with E-state index < -0.39 is 16.1 Å². The van der Waals surface area contributed by atoms with Crippen LogP contribution in [-0.4, -0.2) is 14.2 Å². The molecule has 0 radical (unpaired) electrons. The number of carbonyl (C=O) groups excluding carboxylic acids is 1. The standard InChI is InChI=1S/C24H31NO3S/c1-17(2)16-20-10-7-11-22(26)23(20)24(19-8-5-4-6-9-19)25-29(27,28)21-14-12-18(3)13-15-21/h4-6,8-9,12-15,17,20,23-25H,7,10-11,16H2,1-3H3/t20-,23-,24-/m0/s1. The van der Waals surface area contributed by atoms with Crippen LogP contribution in [0.3, 0.4) is 0 Å². The lowest BCUT2D eigenvalue weighted by Gasteiger charge is -2.37. The monoisotopic (exact) mass is 413 g/mol. The van der Waals surface area contributed by atoms with Gasteiger partial charge in [-0.3, -0.25) is 4.79 Å². The number of hydrogen-bond donors (Lipinski definition) is 1. The van der Waals surface area contributed by atoms with Crippen molar-refractivity contribution in [1.29, 1.82) is 0 Å². The zero-order valence-electron chi connectivity index (χ0n) is 17.5. The molecule has 1 saturated carbocycles. The van der Waals surface area contributed by atoms with Gasteiger partial charge in [0, 0.05) is 12.3 Å². The molecule has 0 aliphatic heterocycles. The second-order valence-electron chi connectivity index (χ2n) is 8.60. The number of rotatable bonds is 7. The van der Waals surface area contributed by atoms with Crippen molar-refractivity contribution in [3.8, 4) is 0 Å². The molecule has 0 heterocycles. The van der Waals surface area contributed by atoms with Gasteiger partial charge in [0.2, 0.25) is 10.0 Å². The molecular weight excluding hydrogens is 382 g/mol. The van der Waals surface area contributed by atoms with E-state index in [0.29, 0.717) is 12.3 Å². The Bertz CT molecular complexity index is 920. The summed E-state index contributed by atoms with van der Waals surface area (Å²) in [5.74, 6) is 0.469. The van der Waals surface area contributed by atoms with Crippen molar-refractivity contribution >= 4 is 15.8 Å². The van der Waals surface area contributed by atoms with Crippen LogP contribution in [0.4, 0.5) is 0 Å². The lowest BCUT2D eigenvalue weighted by molar-refractivity contribution is -0.128. The van der Waals surface area contributed by atoms with Crippen LogP contribution in [0.5, 0.6) is 0 Å². The van der Waals surface area contributed by atoms with E-state index in [1.165, 1.54) is 0 Å². The Balaban J connectivity index is 2.00. The van der Waals surface area contributed by atoms with Crippen molar-refractivity contribution in [3.63, 3.8) is 0 Å². The SMILES string of the molecule is Cc1ccc(S(=O)(=O)N[C@@H](c2ccccc2)[C@@H]2C(=O)CCC[C@H]2CC(C)C)cc1. The number of Topliss-reactive ketones (excluding diaryl/α,β-unsaturated/α-hetero) is 1. The Hall–Kier alpha value is -1.98. The highest BCUT2D eigenvalue weighted by atomic mass is 32.2. The number of ketones is 1. The third-order valence-electron chi connectivity index (χ3n) is 5.78. The highest BCUT2D eigenvalue weighted by Gasteiger charge is 2.40. The first-order valence-corrected chi connectivity index (χ1v) is 11.9. The van der Waals surface area contributed by atoms with Crippen LogP contribution in [0.2, 0.25) is 0 Å². The summed E-state index contributed by atoms with van der Waals surface area (Å²) in [6, 6.07) is 15.8. The Morgan fingerprint density at radius 3 is 2.31 bits per heavy atom. The fourth-order valence-corrected chi connectivity index (χ4v) is 5.68. The van der Waals surface area contributed by atoms with Gasteiger partial charge < -0.3 is 0 Å². The van der Waals surface area contributed by atoms with Gasteiger partial charge in [-0.15, -0.1) is 0 Å². The fourth-order valence-electron chi connectivity index (χ4n) is 4.44. The van der Waals surface area contributed by atoms with Crippen molar-refractivity contribution in [1.82, 2.24) is 4.72 Å². The van der Waals surface area contributed by atoms with Crippen LogP contribution >= 0.6 is 0 Å². The largest absolute Gasteiger partial charge is 0.299 e. The number of benzene rings is 2. The summed E-state index contributed by atoms with van der Waals surface area (Å²) in [5, 5.41) is 0. The van der Waals surface area contributed by atoms with Crippen molar-refractivity contribution in [2.45, 2.75) is 57.4 Å². The van der Waals surface area contributed by atoms with E-state index in [4.69, 9.17) is 0 Å². The van der Waals surface area contributed by atoms with Gasteiger partial charge in [0.1, 0.15) is 5.78 Å². The van der Waals surface area contributed by atoms with Gasteiger partial charge in [-0.1, -0.05) is 61.9 Å². The molecule has 5 heteroatoms. The van der Waals surface area contributed by atoms with Crippen LogP contribution < -0.4 is 4.72 Å². The van der Waals surface area contributed by atoms with Gasteiger partial charge in [-0.2, -0.15) is 0 Å². The van der Waals surface area contributed by atoms with Gasteiger partial charge in [0.15, 0.2) is 0 Å². The molecule has 1 N–H and O–H groups in total. The van der Waals surface area contributed by atoms with Crippen LogP contribution in [0.1, 0.15) is 56.7 Å². The maximum Gasteiger partial charge on any atom is 0.241 e. The summed E-state index contributed by atoms with van der Waals surface area (Å²) in [6.45, 7) is 6.24. The van der Waals surface area contributed by atoms with Crippen LogP contribution in [0, 0.1) is 24.7 Å². The maximum atomic E-state index is 13.2. The minimum atomic E-state index is -3.75. The van der Waals surface area contributed by atoms with E-state index >= 15 is 0 Å². The average Bonchev–Trinajstić information content (AvgIpc) is 2.67. The third kappa shape index (κ3) is 5.34. The maximum absolute atomic E-state index is 13.2. The predicted molar refractivity (Wildman–Crippen MR) is 116 cm³/mol. The van der Waals surface area contributed by atoms with Crippen molar-refractivity contribution in [3.05, 3.63) is 65.7 Å². The first-order valence-electron chi connectivity index (χ1n) is 10.4. The minimum Gasteiger partial charge on any atom is -0.299 e. The Labute approximate surface area is 174 Å². The molecule has 1 aliphatic rings. The molecule has 0 bridgehead atoms. The molecule has 0 amide bonds. The second-order valence-corrected chi connectivity index (χ2v) is 10.3. The van der Waals surface area contributed by atoms with E-state index in [-0.39, 0.29) is 22.5 Å². The lowest BCUT2D eigenvalue weighted by Crippen LogP contribution is -2.42. The Kier molecular flexibility index (Phi) is 6.91. The summed E-state index contributed by atoms with van der Waals surface area (Å²) in [4.78, 5) is 13.3. The third-order valence-corrected chi connectivity index (χ3v) is 7.24. The van der Waals surface area contributed by atoms with E-state index in [9.17, 15) is 13.2 Å². The molecule has 0 spiro atoms. The predicted octanol–water partition coefficient (Wildman–Crippen LogP) is 5.05. The molecule has 3 atom stereocenters.